The highest BCUT2D eigenvalue weighted by Crippen LogP contribution is 2.34. The Hall–Kier alpha value is -3.20. The molecule has 8 nitrogen and oxygen atoms in total. The SMILES string of the molecule is Brc1cnc(NCc2cc(-c3ccccc3)no2)nc1Nc1cc(C2CCCC2)n[nH]1. The summed E-state index contributed by atoms with van der Waals surface area (Å²) in [5.74, 6) is 3.21. The number of hydrogen-bond acceptors (Lipinski definition) is 7. The molecule has 1 aromatic carbocycles. The quantitative estimate of drug-likeness (QED) is 0.315. The molecular weight excluding hydrogens is 458 g/mol. The molecule has 158 valence electrons. The summed E-state index contributed by atoms with van der Waals surface area (Å²) >= 11 is 3.51. The Balaban J connectivity index is 1.24. The van der Waals surface area contributed by atoms with E-state index >= 15 is 0 Å². The molecule has 1 aliphatic carbocycles. The van der Waals surface area contributed by atoms with E-state index < -0.39 is 0 Å². The van der Waals surface area contributed by atoms with E-state index in [1.165, 1.54) is 25.7 Å². The van der Waals surface area contributed by atoms with Gasteiger partial charge >= 0.3 is 0 Å². The van der Waals surface area contributed by atoms with Crippen LogP contribution in [0.1, 0.15) is 43.1 Å². The van der Waals surface area contributed by atoms with Crippen molar-refractivity contribution in [2.24, 2.45) is 0 Å². The van der Waals surface area contributed by atoms with E-state index in [0.29, 0.717) is 30.0 Å². The normalized spacial score (nSPS) is 14.1. The Morgan fingerprint density at radius 2 is 1.97 bits per heavy atom. The molecule has 0 atom stereocenters. The van der Waals surface area contributed by atoms with Crippen LogP contribution in [-0.2, 0) is 6.54 Å². The molecule has 9 heteroatoms. The lowest BCUT2D eigenvalue weighted by molar-refractivity contribution is 0.390. The Morgan fingerprint density at radius 1 is 1.13 bits per heavy atom. The Kier molecular flexibility index (Phi) is 5.66. The first-order chi connectivity index (χ1) is 15.2. The lowest BCUT2D eigenvalue weighted by atomic mass is 10.0. The second-order valence-corrected chi connectivity index (χ2v) is 8.46. The average Bonchev–Trinajstić information content (AvgIpc) is 3.56. The second kappa shape index (κ2) is 8.89. The molecule has 1 saturated carbocycles. The molecule has 0 aliphatic heterocycles. The molecule has 0 amide bonds. The molecule has 3 heterocycles. The Labute approximate surface area is 188 Å². The zero-order valence-electron chi connectivity index (χ0n) is 16.8. The maximum atomic E-state index is 5.44. The summed E-state index contributed by atoms with van der Waals surface area (Å²) in [4.78, 5) is 8.90. The van der Waals surface area contributed by atoms with Gasteiger partial charge in [-0.25, -0.2) is 4.98 Å². The largest absolute Gasteiger partial charge is 0.359 e. The van der Waals surface area contributed by atoms with Gasteiger partial charge in [-0.1, -0.05) is 48.3 Å². The van der Waals surface area contributed by atoms with Gasteiger partial charge in [0.25, 0.3) is 0 Å². The predicted octanol–water partition coefficient (Wildman–Crippen LogP) is 5.63. The molecule has 3 aromatic heterocycles. The van der Waals surface area contributed by atoms with Gasteiger partial charge in [-0.05, 0) is 28.8 Å². The van der Waals surface area contributed by atoms with Crippen LogP contribution in [0.25, 0.3) is 11.3 Å². The van der Waals surface area contributed by atoms with E-state index in [1.807, 2.05) is 36.4 Å². The topological polar surface area (TPSA) is 105 Å². The van der Waals surface area contributed by atoms with Crippen molar-refractivity contribution in [3.8, 4) is 11.3 Å². The predicted molar refractivity (Wildman–Crippen MR) is 122 cm³/mol. The highest BCUT2D eigenvalue weighted by atomic mass is 79.9. The molecule has 0 spiro atoms. The van der Waals surface area contributed by atoms with Gasteiger partial charge in [-0.15, -0.1) is 0 Å². The monoisotopic (exact) mass is 479 g/mol. The summed E-state index contributed by atoms with van der Waals surface area (Å²) in [7, 11) is 0. The van der Waals surface area contributed by atoms with Crippen molar-refractivity contribution in [3.05, 3.63) is 64.6 Å². The zero-order valence-corrected chi connectivity index (χ0v) is 18.4. The van der Waals surface area contributed by atoms with Gasteiger partial charge in [0.15, 0.2) is 11.6 Å². The number of aromatic amines is 1. The lowest BCUT2D eigenvalue weighted by Gasteiger charge is -2.08. The first-order valence-electron chi connectivity index (χ1n) is 10.3. The van der Waals surface area contributed by atoms with E-state index in [4.69, 9.17) is 4.52 Å². The second-order valence-electron chi connectivity index (χ2n) is 7.60. The highest BCUT2D eigenvalue weighted by Gasteiger charge is 2.20. The van der Waals surface area contributed by atoms with Crippen molar-refractivity contribution in [2.45, 2.75) is 38.1 Å². The third kappa shape index (κ3) is 4.61. The number of benzene rings is 1. The molecule has 0 radical (unpaired) electrons. The molecule has 1 aliphatic rings. The number of nitrogens with zero attached hydrogens (tertiary/aromatic N) is 4. The summed E-state index contributed by atoms with van der Waals surface area (Å²) in [5.41, 5.74) is 2.93. The molecular formula is C22H22BrN7O. The summed E-state index contributed by atoms with van der Waals surface area (Å²) in [6, 6.07) is 13.9. The van der Waals surface area contributed by atoms with Crippen molar-refractivity contribution < 1.29 is 4.52 Å². The summed E-state index contributed by atoms with van der Waals surface area (Å²) in [6.07, 6.45) is 6.70. The number of nitrogens with one attached hydrogen (secondary N) is 3. The van der Waals surface area contributed by atoms with Crippen LogP contribution in [-0.4, -0.2) is 25.3 Å². The minimum absolute atomic E-state index is 0.427. The van der Waals surface area contributed by atoms with Gasteiger partial charge in [0.2, 0.25) is 5.95 Å². The van der Waals surface area contributed by atoms with E-state index in [9.17, 15) is 0 Å². The highest BCUT2D eigenvalue weighted by molar-refractivity contribution is 9.10. The van der Waals surface area contributed by atoms with Crippen LogP contribution >= 0.6 is 15.9 Å². The van der Waals surface area contributed by atoms with Gasteiger partial charge in [0.1, 0.15) is 11.5 Å². The van der Waals surface area contributed by atoms with Crippen LogP contribution in [0.4, 0.5) is 17.6 Å². The van der Waals surface area contributed by atoms with Crippen LogP contribution in [0, 0.1) is 0 Å². The number of aromatic nitrogens is 5. The van der Waals surface area contributed by atoms with Crippen LogP contribution < -0.4 is 10.6 Å². The van der Waals surface area contributed by atoms with E-state index in [-0.39, 0.29) is 0 Å². The fourth-order valence-electron chi connectivity index (χ4n) is 3.81. The summed E-state index contributed by atoms with van der Waals surface area (Å²) in [5, 5.41) is 18.1. The Morgan fingerprint density at radius 3 is 2.81 bits per heavy atom. The van der Waals surface area contributed by atoms with Gasteiger partial charge in [0.05, 0.1) is 16.7 Å². The summed E-state index contributed by atoms with van der Waals surface area (Å²) < 4.78 is 6.20. The number of rotatable bonds is 7. The van der Waals surface area contributed by atoms with Crippen molar-refractivity contribution in [1.82, 2.24) is 25.3 Å². The minimum atomic E-state index is 0.427. The molecule has 3 N–H and O–H groups in total. The third-order valence-electron chi connectivity index (χ3n) is 5.42. The first-order valence-corrected chi connectivity index (χ1v) is 11.1. The van der Waals surface area contributed by atoms with Crippen molar-refractivity contribution in [1.29, 1.82) is 0 Å². The van der Waals surface area contributed by atoms with Gasteiger partial charge in [-0.3, -0.25) is 5.10 Å². The third-order valence-corrected chi connectivity index (χ3v) is 6.00. The number of hydrogen-bond donors (Lipinski definition) is 3. The number of H-pyrrole nitrogens is 1. The lowest BCUT2D eigenvalue weighted by Crippen LogP contribution is -2.05. The van der Waals surface area contributed by atoms with Crippen molar-refractivity contribution in [3.63, 3.8) is 0 Å². The Bertz CT molecular complexity index is 1150. The molecule has 5 rings (SSSR count). The molecule has 0 bridgehead atoms. The fourth-order valence-corrected chi connectivity index (χ4v) is 4.10. The van der Waals surface area contributed by atoms with Crippen LogP contribution in [0.2, 0.25) is 0 Å². The zero-order chi connectivity index (χ0) is 21.0. The van der Waals surface area contributed by atoms with E-state index in [0.717, 1.165) is 27.2 Å². The van der Waals surface area contributed by atoms with Crippen LogP contribution in [0.3, 0.4) is 0 Å². The molecule has 0 unspecified atom stereocenters. The fraction of sp³-hybridized carbons (Fsp3) is 0.273. The average molecular weight is 480 g/mol. The smallest absolute Gasteiger partial charge is 0.225 e. The van der Waals surface area contributed by atoms with E-state index in [1.54, 1.807) is 6.20 Å². The summed E-state index contributed by atoms with van der Waals surface area (Å²) in [6.45, 7) is 0.427. The molecule has 1 fully saturated rings. The van der Waals surface area contributed by atoms with Gasteiger partial charge in [0, 0.05) is 29.8 Å². The maximum absolute atomic E-state index is 5.44. The standard InChI is InChI=1S/C22H22BrN7O/c23-17-13-25-22(24-12-16-10-19(30-31-16)15-6-2-1-3-7-15)27-21(17)26-20-11-18(28-29-20)14-8-4-5-9-14/h1-3,6-7,10-11,13-14H,4-5,8-9,12H2,(H3,24,25,26,27,28,29). The van der Waals surface area contributed by atoms with Crippen LogP contribution in [0.15, 0.2) is 57.7 Å². The molecule has 4 aromatic rings. The number of anilines is 3. The van der Waals surface area contributed by atoms with Gasteiger partial charge < -0.3 is 15.2 Å². The number of halogens is 1. The van der Waals surface area contributed by atoms with Crippen molar-refractivity contribution >= 4 is 33.5 Å². The van der Waals surface area contributed by atoms with Crippen molar-refractivity contribution in [2.75, 3.05) is 10.6 Å². The minimum Gasteiger partial charge on any atom is -0.359 e. The molecule has 0 saturated heterocycles. The van der Waals surface area contributed by atoms with E-state index in [2.05, 4.69) is 58.0 Å². The maximum Gasteiger partial charge on any atom is 0.225 e. The van der Waals surface area contributed by atoms with Gasteiger partial charge in [-0.2, -0.15) is 10.1 Å². The first kappa shape index (κ1) is 19.7. The molecule has 31 heavy (non-hydrogen) atoms. The van der Waals surface area contributed by atoms with Crippen LogP contribution in [0.5, 0.6) is 0 Å².